The molecule has 1 fully saturated rings. The summed E-state index contributed by atoms with van der Waals surface area (Å²) >= 11 is 1.77. The van der Waals surface area contributed by atoms with Crippen molar-refractivity contribution in [3.05, 3.63) is 35.9 Å². The Balaban J connectivity index is 0.00000162. The van der Waals surface area contributed by atoms with E-state index in [9.17, 15) is 0 Å². The molecule has 1 saturated heterocycles. The molecule has 0 aromatic heterocycles. The minimum atomic E-state index is -0.772. The van der Waals surface area contributed by atoms with E-state index < -0.39 is 5.91 Å². The number of hydrogen-bond donors (Lipinski definition) is 2. The van der Waals surface area contributed by atoms with Gasteiger partial charge in [0.2, 0.25) is 0 Å². The molecule has 18 heavy (non-hydrogen) atoms. The molecular weight excluding hydrogens is 259 g/mol. The molecule has 1 aromatic rings. The molecule has 1 unspecified atom stereocenters. The molecule has 6 heteroatoms. The van der Waals surface area contributed by atoms with Crippen LogP contribution in [0.3, 0.4) is 0 Å². The molecule has 1 aromatic carbocycles. The van der Waals surface area contributed by atoms with Crippen LogP contribution in [0.4, 0.5) is 0 Å². The van der Waals surface area contributed by atoms with Crippen molar-refractivity contribution in [3.63, 3.8) is 0 Å². The zero-order chi connectivity index (χ0) is 12.1. The molecule has 0 saturated carbocycles. The molecule has 1 aliphatic heterocycles. The van der Waals surface area contributed by atoms with Gasteiger partial charge in [-0.2, -0.15) is 11.8 Å². The number of hydroxylamine groups is 1. The zero-order valence-corrected chi connectivity index (χ0v) is 10.7. The third-order valence-corrected chi connectivity index (χ3v) is 3.36. The normalized spacial score (nSPS) is 23.2. The van der Waals surface area contributed by atoms with Crippen molar-refractivity contribution in [2.45, 2.75) is 25.0 Å². The second-order valence-corrected chi connectivity index (χ2v) is 5.02. The molecular formula is C12H19N2NaO2S. The van der Waals surface area contributed by atoms with Crippen molar-refractivity contribution in [3.8, 4) is 0 Å². The van der Waals surface area contributed by atoms with Gasteiger partial charge in [0, 0.05) is 0 Å². The van der Waals surface area contributed by atoms with Crippen LogP contribution in [-0.2, 0) is 16.2 Å². The second-order valence-electron chi connectivity index (χ2n) is 4.03. The van der Waals surface area contributed by atoms with Crippen LogP contribution in [0.1, 0.15) is 12.0 Å². The van der Waals surface area contributed by atoms with Crippen molar-refractivity contribution in [1.29, 1.82) is 0 Å². The van der Waals surface area contributed by atoms with E-state index in [1.165, 1.54) is 0 Å². The Labute approximate surface area is 134 Å². The maximum atomic E-state index is 6.04. The Morgan fingerprint density at radius 1 is 1.44 bits per heavy atom. The third kappa shape index (κ3) is 4.51. The fraction of sp³-hybridized carbons (Fsp3) is 0.500. The van der Waals surface area contributed by atoms with Crippen molar-refractivity contribution >= 4 is 41.3 Å². The van der Waals surface area contributed by atoms with Gasteiger partial charge >= 0.3 is 29.6 Å². The first-order valence-corrected chi connectivity index (χ1v) is 7.04. The van der Waals surface area contributed by atoms with Crippen LogP contribution < -0.4 is 11.2 Å². The summed E-state index contributed by atoms with van der Waals surface area (Å²) in [5, 5.41) is 0. The van der Waals surface area contributed by atoms with E-state index in [4.69, 9.17) is 15.3 Å². The van der Waals surface area contributed by atoms with Gasteiger partial charge in [0.1, 0.15) is 0 Å². The van der Waals surface area contributed by atoms with E-state index in [1.54, 1.807) is 11.8 Å². The quantitative estimate of drug-likeness (QED) is 0.571. The Morgan fingerprint density at radius 2 is 2.11 bits per heavy atom. The van der Waals surface area contributed by atoms with E-state index >= 15 is 0 Å². The van der Waals surface area contributed by atoms with Crippen molar-refractivity contribution in [1.82, 2.24) is 5.48 Å². The van der Waals surface area contributed by atoms with Crippen LogP contribution in [-0.4, -0.2) is 53.5 Å². The monoisotopic (exact) mass is 278 g/mol. The van der Waals surface area contributed by atoms with Gasteiger partial charge in [-0.1, -0.05) is 30.3 Å². The molecule has 2 rings (SSSR count). The molecule has 1 aliphatic rings. The average molecular weight is 278 g/mol. The average Bonchev–Trinajstić information content (AvgIpc) is 3.16. The molecule has 0 bridgehead atoms. The van der Waals surface area contributed by atoms with Gasteiger partial charge in [-0.05, 0) is 24.0 Å². The van der Waals surface area contributed by atoms with E-state index in [-0.39, 0.29) is 35.6 Å². The first-order valence-electron chi connectivity index (χ1n) is 5.64. The summed E-state index contributed by atoms with van der Waals surface area (Å²) in [5.74, 6) is 0.230. The van der Waals surface area contributed by atoms with Crippen molar-refractivity contribution in [2.24, 2.45) is 5.73 Å². The topological polar surface area (TPSA) is 69.7 Å². The Morgan fingerprint density at radius 3 is 2.67 bits per heavy atom. The molecule has 4 nitrogen and oxygen atoms in total. The SMILES string of the molecule is CSCC[C@@H](N)C1(OCc2ccccc2)NO1.[NaH]. The van der Waals surface area contributed by atoms with Crippen LogP contribution in [0.5, 0.6) is 0 Å². The summed E-state index contributed by atoms with van der Waals surface area (Å²) in [6.07, 6.45) is 2.92. The summed E-state index contributed by atoms with van der Waals surface area (Å²) in [6, 6.07) is 9.85. The Kier molecular flexibility index (Phi) is 7.20. The first kappa shape index (κ1) is 16.5. The molecule has 2 atom stereocenters. The van der Waals surface area contributed by atoms with Crippen molar-refractivity contribution in [2.75, 3.05) is 12.0 Å². The van der Waals surface area contributed by atoms with Crippen molar-refractivity contribution < 1.29 is 9.57 Å². The Hall–Kier alpha value is 0.410. The number of ether oxygens (including phenoxy) is 1. The van der Waals surface area contributed by atoms with Gasteiger partial charge in [-0.3, -0.25) is 0 Å². The minimum absolute atomic E-state index is 0. The van der Waals surface area contributed by atoms with E-state index in [0.29, 0.717) is 6.61 Å². The van der Waals surface area contributed by atoms with Gasteiger partial charge in [-0.15, -0.1) is 5.48 Å². The van der Waals surface area contributed by atoms with Gasteiger partial charge in [0.25, 0.3) is 5.91 Å². The molecule has 96 valence electrons. The summed E-state index contributed by atoms with van der Waals surface area (Å²) in [5.41, 5.74) is 9.92. The van der Waals surface area contributed by atoms with E-state index in [0.717, 1.165) is 17.7 Å². The zero-order valence-electron chi connectivity index (χ0n) is 9.89. The molecule has 0 spiro atoms. The molecule has 0 radical (unpaired) electrons. The molecule has 1 heterocycles. The standard InChI is InChI=1S/C12H18N2O2S.Na.H/c1-17-8-7-11(13)12(14-16-12)15-9-10-5-3-2-4-6-10;;/h2-6,11,14H,7-9,13H2,1H3;;/t11-,12?;;/m1../s1. The fourth-order valence-electron chi connectivity index (χ4n) is 1.57. The van der Waals surface area contributed by atoms with Gasteiger partial charge < -0.3 is 10.5 Å². The number of benzene rings is 1. The molecule has 0 amide bonds. The van der Waals surface area contributed by atoms with E-state index in [2.05, 4.69) is 11.7 Å². The van der Waals surface area contributed by atoms with Gasteiger partial charge in [0.05, 0.1) is 12.6 Å². The van der Waals surface area contributed by atoms with Gasteiger partial charge in [-0.25, -0.2) is 4.84 Å². The number of rotatable bonds is 7. The van der Waals surface area contributed by atoms with Crippen LogP contribution in [0.2, 0.25) is 0 Å². The first-order chi connectivity index (χ1) is 8.27. The molecule has 3 N–H and O–H groups in total. The van der Waals surface area contributed by atoms with Gasteiger partial charge in [0.15, 0.2) is 0 Å². The number of nitrogens with one attached hydrogen (secondary N) is 1. The summed E-state index contributed by atoms with van der Waals surface area (Å²) in [7, 11) is 0. The number of hydrogen-bond acceptors (Lipinski definition) is 5. The summed E-state index contributed by atoms with van der Waals surface area (Å²) in [4.78, 5) is 5.17. The predicted octanol–water partition coefficient (Wildman–Crippen LogP) is 0.824. The Bertz CT molecular complexity index is 349. The molecule has 0 aliphatic carbocycles. The maximum absolute atomic E-state index is 6.04. The second kappa shape index (κ2) is 7.87. The third-order valence-electron chi connectivity index (χ3n) is 2.72. The fourth-order valence-corrected chi connectivity index (χ4v) is 2.06. The number of nitrogens with two attached hydrogens (primary N) is 1. The predicted molar refractivity (Wildman–Crippen MR) is 76.3 cm³/mol. The van der Waals surface area contributed by atoms with E-state index in [1.807, 2.05) is 30.3 Å². The summed E-state index contributed by atoms with van der Waals surface area (Å²) in [6.45, 7) is 0.501. The van der Waals surface area contributed by atoms with Crippen LogP contribution >= 0.6 is 11.8 Å². The number of thioether (sulfide) groups is 1. The van der Waals surface area contributed by atoms with Crippen LogP contribution in [0.25, 0.3) is 0 Å². The summed E-state index contributed by atoms with van der Waals surface area (Å²) < 4.78 is 5.72. The van der Waals surface area contributed by atoms with Crippen LogP contribution in [0.15, 0.2) is 30.3 Å². The van der Waals surface area contributed by atoms with Crippen LogP contribution in [0, 0.1) is 0 Å².